The fourth-order valence-electron chi connectivity index (χ4n) is 2.35. The van der Waals surface area contributed by atoms with Crippen LogP contribution in [0, 0.1) is 11.3 Å². The first-order chi connectivity index (χ1) is 10.5. The zero-order valence-corrected chi connectivity index (χ0v) is 14.4. The number of nitriles is 1. The van der Waals surface area contributed by atoms with Crippen molar-refractivity contribution in [1.29, 1.82) is 5.26 Å². The molecule has 1 heterocycles. The highest BCUT2D eigenvalue weighted by atomic mass is 32.2. The Labute approximate surface area is 139 Å². The van der Waals surface area contributed by atoms with Gasteiger partial charge in [-0.25, -0.2) is 0 Å². The van der Waals surface area contributed by atoms with E-state index < -0.39 is 0 Å². The zero-order valence-electron chi connectivity index (χ0n) is 12.8. The average Bonchev–Trinajstić information content (AvgIpc) is 2.94. The third-order valence-electron chi connectivity index (χ3n) is 3.18. The first kappa shape index (κ1) is 15.1. The van der Waals surface area contributed by atoms with Crippen molar-refractivity contribution >= 4 is 33.4 Å². The SMILES string of the molecule is CC(C)(C)Sc1ccc2cnsc2c1-c1cccc(C#N)c1. The summed E-state index contributed by atoms with van der Waals surface area (Å²) in [5.74, 6) is 0. The molecule has 0 N–H and O–H groups in total. The number of benzene rings is 2. The molecule has 0 aliphatic heterocycles. The highest BCUT2D eigenvalue weighted by Gasteiger charge is 2.18. The van der Waals surface area contributed by atoms with Crippen molar-refractivity contribution in [1.82, 2.24) is 4.37 Å². The second-order valence-corrected chi connectivity index (χ2v) is 8.76. The van der Waals surface area contributed by atoms with Gasteiger partial charge in [-0.05, 0) is 35.3 Å². The van der Waals surface area contributed by atoms with E-state index in [1.807, 2.05) is 36.2 Å². The Morgan fingerprint density at radius 1 is 1.18 bits per heavy atom. The molecule has 0 aliphatic carbocycles. The van der Waals surface area contributed by atoms with Gasteiger partial charge in [0.15, 0.2) is 0 Å². The van der Waals surface area contributed by atoms with E-state index >= 15 is 0 Å². The lowest BCUT2D eigenvalue weighted by molar-refractivity contribution is 0.803. The third-order valence-corrected chi connectivity index (χ3v) is 5.19. The number of nitrogens with zero attached hydrogens (tertiary/aromatic N) is 2. The molecule has 0 fully saturated rings. The van der Waals surface area contributed by atoms with Gasteiger partial charge in [-0.1, -0.05) is 39.0 Å². The van der Waals surface area contributed by atoms with Gasteiger partial charge in [0.2, 0.25) is 0 Å². The normalized spacial score (nSPS) is 11.5. The molecule has 3 rings (SSSR count). The second kappa shape index (κ2) is 5.75. The molecule has 0 atom stereocenters. The maximum atomic E-state index is 9.17. The van der Waals surface area contributed by atoms with Crippen LogP contribution >= 0.6 is 23.3 Å². The Bertz CT molecular complexity index is 867. The van der Waals surface area contributed by atoms with Gasteiger partial charge in [0, 0.05) is 26.8 Å². The molecule has 0 amide bonds. The van der Waals surface area contributed by atoms with E-state index in [0.717, 1.165) is 10.9 Å². The standard InChI is InChI=1S/C18H16N2S2/c1-18(2,3)21-15-8-7-14-11-20-22-17(14)16(15)13-6-4-5-12(9-13)10-19/h4-9,11H,1-3H3. The van der Waals surface area contributed by atoms with Gasteiger partial charge in [-0.2, -0.15) is 9.64 Å². The predicted octanol–water partition coefficient (Wildman–Crippen LogP) is 5.73. The Kier molecular flexibility index (Phi) is 3.94. The van der Waals surface area contributed by atoms with Gasteiger partial charge in [-0.3, -0.25) is 0 Å². The van der Waals surface area contributed by atoms with Gasteiger partial charge in [0.25, 0.3) is 0 Å². The van der Waals surface area contributed by atoms with Crippen LogP contribution in [0.1, 0.15) is 26.3 Å². The number of hydrogen-bond acceptors (Lipinski definition) is 4. The Hall–Kier alpha value is -1.83. The van der Waals surface area contributed by atoms with Gasteiger partial charge in [0.1, 0.15) is 0 Å². The molecule has 0 unspecified atom stereocenters. The van der Waals surface area contributed by atoms with Crippen LogP contribution < -0.4 is 0 Å². The van der Waals surface area contributed by atoms with Crippen molar-refractivity contribution in [3.8, 4) is 17.2 Å². The third kappa shape index (κ3) is 3.01. The summed E-state index contributed by atoms with van der Waals surface area (Å²) in [6.07, 6.45) is 1.91. The first-order valence-corrected chi connectivity index (χ1v) is 8.64. The molecule has 0 bridgehead atoms. The molecule has 0 aliphatic rings. The molecule has 0 saturated carbocycles. The minimum atomic E-state index is 0.125. The average molecular weight is 324 g/mol. The van der Waals surface area contributed by atoms with Gasteiger partial charge in [-0.15, -0.1) is 11.8 Å². The smallest absolute Gasteiger partial charge is 0.0991 e. The Morgan fingerprint density at radius 2 is 2.00 bits per heavy atom. The van der Waals surface area contributed by atoms with Crippen LogP contribution in [0.5, 0.6) is 0 Å². The quantitative estimate of drug-likeness (QED) is 0.565. The minimum absolute atomic E-state index is 0.125. The van der Waals surface area contributed by atoms with Crippen LogP contribution in [-0.4, -0.2) is 9.12 Å². The van der Waals surface area contributed by atoms with Gasteiger partial charge in [0.05, 0.1) is 16.3 Å². The summed E-state index contributed by atoms with van der Waals surface area (Å²) in [6, 6.07) is 14.3. The number of aromatic nitrogens is 1. The van der Waals surface area contributed by atoms with Gasteiger partial charge < -0.3 is 0 Å². The molecular formula is C18H16N2S2. The van der Waals surface area contributed by atoms with Crippen LogP contribution in [0.4, 0.5) is 0 Å². The fourth-order valence-corrected chi connectivity index (χ4v) is 4.35. The lowest BCUT2D eigenvalue weighted by Gasteiger charge is -2.20. The topological polar surface area (TPSA) is 36.7 Å². The highest BCUT2D eigenvalue weighted by Crippen LogP contribution is 2.43. The maximum Gasteiger partial charge on any atom is 0.0991 e. The van der Waals surface area contributed by atoms with E-state index in [1.54, 1.807) is 0 Å². The summed E-state index contributed by atoms with van der Waals surface area (Å²) in [4.78, 5) is 1.24. The largest absolute Gasteiger partial charge is 0.200 e. The van der Waals surface area contributed by atoms with E-state index in [9.17, 15) is 5.26 Å². The summed E-state index contributed by atoms with van der Waals surface area (Å²) in [7, 11) is 0. The molecule has 22 heavy (non-hydrogen) atoms. The highest BCUT2D eigenvalue weighted by molar-refractivity contribution is 8.00. The first-order valence-electron chi connectivity index (χ1n) is 7.05. The predicted molar refractivity (Wildman–Crippen MR) is 95.4 cm³/mol. The zero-order chi connectivity index (χ0) is 15.7. The van der Waals surface area contributed by atoms with Gasteiger partial charge >= 0.3 is 0 Å². The summed E-state index contributed by atoms with van der Waals surface area (Å²) in [5.41, 5.74) is 2.96. The van der Waals surface area contributed by atoms with Crippen molar-refractivity contribution in [2.75, 3.05) is 0 Å². The lowest BCUT2D eigenvalue weighted by atomic mass is 10.0. The number of fused-ring (bicyclic) bond motifs is 1. The molecule has 0 spiro atoms. The molecule has 1 aromatic heterocycles. The van der Waals surface area contributed by atoms with Crippen LogP contribution in [0.25, 0.3) is 21.2 Å². The van der Waals surface area contributed by atoms with Crippen molar-refractivity contribution in [2.24, 2.45) is 0 Å². The number of thioether (sulfide) groups is 1. The van der Waals surface area contributed by atoms with Crippen molar-refractivity contribution in [3.05, 3.63) is 48.2 Å². The van der Waals surface area contributed by atoms with Crippen LogP contribution in [0.3, 0.4) is 0 Å². The van der Waals surface area contributed by atoms with E-state index in [0.29, 0.717) is 5.56 Å². The molecular weight excluding hydrogens is 308 g/mol. The number of hydrogen-bond donors (Lipinski definition) is 0. The molecule has 2 nitrogen and oxygen atoms in total. The lowest BCUT2D eigenvalue weighted by Crippen LogP contribution is -2.07. The van der Waals surface area contributed by atoms with Crippen molar-refractivity contribution in [3.63, 3.8) is 0 Å². The summed E-state index contributed by atoms with van der Waals surface area (Å²) < 4.78 is 5.64. The fraction of sp³-hybridized carbons (Fsp3) is 0.222. The molecule has 3 aromatic rings. The number of rotatable bonds is 2. The molecule has 0 radical (unpaired) electrons. The summed E-state index contributed by atoms with van der Waals surface area (Å²) in [6.45, 7) is 6.64. The molecule has 2 aromatic carbocycles. The monoisotopic (exact) mass is 324 g/mol. The van der Waals surface area contributed by atoms with Crippen LogP contribution in [0.2, 0.25) is 0 Å². The summed E-state index contributed by atoms with van der Waals surface area (Å²) >= 11 is 3.37. The minimum Gasteiger partial charge on any atom is -0.200 e. The molecule has 4 heteroatoms. The van der Waals surface area contributed by atoms with Crippen LogP contribution in [-0.2, 0) is 0 Å². The summed E-state index contributed by atoms with van der Waals surface area (Å²) in [5, 5.41) is 10.3. The second-order valence-electron chi connectivity index (χ2n) is 6.09. The Balaban J connectivity index is 2.26. The Morgan fingerprint density at radius 3 is 2.73 bits per heavy atom. The van der Waals surface area contributed by atoms with Crippen molar-refractivity contribution in [2.45, 2.75) is 30.4 Å². The molecule has 0 saturated heterocycles. The van der Waals surface area contributed by atoms with E-state index in [-0.39, 0.29) is 4.75 Å². The molecule has 110 valence electrons. The van der Waals surface area contributed by atoms with E-state index in [4.69, 9.17) is 0 Å². The van der Waals surface area contributed by atoms with E-state index in [2.05, 4.69) is 49.4 Å². The maximum absolute atomic E-state index is 9.17. The van der Waals surface area contributed by atoms with E-state index in [1.165, 1.54) is 26.7 Å². The van der Waals surface area contributed by atoms with Crippen molar-refractivity contribution < 1.29 is 0 Å². The van der Waals surface area contributed by atoms with Crippen LogP contribution in [0.15, 0.2) is 47.5 Å².